The van der Waals surface area contributed by atoms with Crippen LogP contribution in [0.4, 0.5) is 5.69 Å². The van der Waals surface area contributed by atoms with E-state index in [9.17, 15) is 0 Å². The first-order valence-corrected chi connectivity index (χ1v) is 7.99. The summed E-state index contributed by atoms with van der Waals surface area (Å²) in [6.07, 6.45) is 1.25. The van der Waals surface area contributed by atoms with E-state index in [0.717, 1.165) is 44.3 Å². The number of hydrogen-bond donors (Lipinski definition) is 1. The summed E-state index contributed by atoms with van der Waals surface area (Å²) >= 11 is 6.01. The van der Waals surface area contributed by atoms with Crippen LogP contribution in [0.2, 0.25) is 5.02 Å². The van der Waals surface area contributed by atoms with Crippen LogP contribution >= 0.6 is 11.6 Å². The lowest BCUT2D eigenvalue weighted by Gasteiger charge is -2.26. The van der Waals surface area contributed by atoms with Crippen LogP contribution in [-0.4, -0.2) is 51.4 Å². The fraction of sp³-hybridized carbons (Fsp3) is 0.625. The van der Waals surface area contributed by atoms with Crippen molar-refractivity contribution < 1.29 is 9.47 Å². The van der Waals surface area contributed by atoms with Crippen LogP contribution in [0, 0.1) is 0 Å². The van der Waals surface area contributed by atoms with E-state index >= 15 is 0 Å². The van der Waals surface area contributed by atoms with E-state index in [4.69, 9.17) is 21.1 Å². The van der Waals surface area contributed by atoms with Gasteiger partial charge in [0, 0.05) is 32.7 Å². The van der Waals surface area contributed by atoms with E-state index in [1.807, 2.05) is 25.2 Å². The first kappa shape index (κ1) is 18.1. The Morgan fingerprint density at radius 3 is 2.57 bits per heavy atom. The van der Waals surface area contributed by atoms with Gasteiger partial charge in [-0.15, -0.1) is 0 Å². The van der Waals surface area contributed by atoms with Gasteiger partial charge in [-0.25, -0.2) is 0 Å². The Labute approximate surface area is 133 Å². The Morgan fingerprint density at radius 1 is 1.29 bits per heavy atom. The molecular weight excluding hydrogens is 288 g/mol. The highest BCUT2D eigenvalue weighted by Gasteiger charge is 2.09. The normalized spacial score (nSPS) is 15.0. The number of halogens is 1. The van der Waals surface area contributed by atoms with Gasteiger partial charge >= 0.3 is 0 Å². The second-order valence-electron chi connectivity index (χ2n) is 4.90. The van der Waals surface area contributed by atoms with Crippen molar-refractivity contribution in [3.63, 3.8) is 0 Å². The number of nitrogens with one attached hydrogen (secondary N) is 1. The Hall–Kier alpha value is -0.970. The van der Waals surface area contributed by atoms with Crippen LogP contribution in [0.1, 0.15) is 20.3 Å². The first-order chi connectivity index (χ1) is 10.2. The average molecular weight is 315 g/mol. The maximum Gasteiger partial charge on any atom is 0.121 e. The number of morpholine rings is 1. The molecule has 0 bridgehead atoms. The van der Waals surface area contributed by atoms with Gasteiger partial charge in [-0.05, 0) is 12.1 Å². The topological polar surface area (TPSA) is 33.7 Å². The number of rotatable bonds is 5. The molecule has 1 aromatic carbocycles. The van der Waals surface area contributed by atoms with Gasteiger partial charge in [-0.3, -0.25) is 4.90 Å². The van der Waals surface area contributed by atoms with E-state index in [-0.39, 0.29) is 0 Å². The van der Waals surface area contributed by atoms with Gasteiger partial charge in [0.1, 0.15) is 12.4 Å². The van der Waals surface area contributed by atoms with Gasteiger partial charge in [-0.2, -0.15) is 0 Å². The molecule has 0 aromatic heterocycles. The van der Waals surface area contributed by atoms with Gasteiger partial charge in [0.25, 0.3) is 0 Å². The molecule has 0 aliphatic carbocycles. The van der Waals surface area contributed by atoms with Crippen LogP contribution in [0.3, 0.4) is 0 Å². The molecular formula is C16H27ClN2O2. The summed E-state index contributed by atoms with van der Waals surface area (Å²) in [5, 5.41) is 3.74. The molecule has 0 spiro atoms. The lowest BCUT2D eigenvalue weighted by molar-refractivity contribution is 0.0322. The van der Waals surface area contributed by atoms with Crippen LogP contribution in [-0.2, 0) is 4.74 Å². The van der Waals surface area contributed by atoms with Gasteiger partial charge in [-0.1, -0.05) is 31.9 Å². The molecule has 1 saturated heterocycles. The number of anilines is 1. The van der Waals surface area contributed by atoms with Gasteiger partial charge < -0.3 is 14.8 Å². The highest BCUT2D eigenvalue weighted by Crippen LogP contribution is 2.26. The highest BCUT2D eigenvalue weighted by molar-refractivity contribution is 6.33. The quantitative estimate of drug-likeness (QED) is 0.902. The summed E-state index contributed by atoms with van der Waals surface area (Å²) in [4.78, 5) is 2.35. The number of benzene rings is 1. The molecule has 120 valence electrons. The lowest BCUT2D eigenvalue weighted by Crippen LogP contribution is -2.38. The minimum atomic E-state index is 0.685. The van der Waals surface area contributed by atoms with Crippen molar-refractivity contribution in [2.75, 3.05) is 51.8 Å². The smallest absolute Gasteiger partial charge is 0.121 e. The molecule has 0 saturated carbocycles. The van der Waals surface area contributed by atoms with Crippen LogP contribution in [0.5, 0.6) is 5.75 Å². The summed E-state index contributed by atoms with van der Waals surface area (Å²) in [7, 11) is 1.85. The van der Waals surface area contributed by atoms with Gasteiger partial charge in [0.15, 0.2) is 0 Å². The molecule has 0 unspecified atom stereocenters. The van der Waals surface area contributed by atoms with Crippen molar-refractivity contribution >= 4 is 17.3 Å². The Morgan fingerprint density at radius 2 is 1.95 bits per heavy atom. The molecule has 1 fully saturated rings. The van der Waals surface area contributed by atoms with Crippen molar-refractivity contribution in [1.29, 1.82) is 0 Å². The summed E-state index contributed by atoms with van der Waals surface area (Å²) in [6, 6.07) is 5.65. The van der Waals surface area contributed by atoms with E-state index in [1.54, 1.807) is 0 Å². The Kier molecular flexibility index (Phi) is 9.22. The summed E-state index contributed by atoms with van der Waals surface area (Å²) < 4.78 is 11.0. The summed E-state index contributed by atoms with van der Waals surface area (Å²) in [5.74, 6) is 0.844. The van der Waals surface area contributed by atoms with Crippen LogP contribution in [0.25, 0.3) is 0 Å². The van der Waals surface area contributed by atoms with Gasteiger partial charge in [0.2, 0.25) is 0 Å². The van der Waals surface area contributed by atoms with Gasteiger partial charge in [0.05, 0.1) is 23.9 Å². The fourth-order valence-electron chi connectivity index (χ4n) is 1.90. The zero-order valence-corrected chi connectivity index (χ0v) is 14.1. The maximum atomic E-state index is 6.01. The molecule has 1 N–H and O–H groups in total. The standard InChI is InChI=1S/C13H19ClN2O2.C3H8/c1-15-13-10-11(2-3-12(13)14)18-9-6-16-4-7-17-8-5-16;1-3-2/h2-3,10,15H,4-9H2,1H3;3H2,1-2H3. The van der Waals surface area contributed by atoms with Crippen molar-refractivity contribution in [2.45, 2.75) is 20.3 Å². The number of hydrogen-bond acceptors (Lipinski definition) is 4. The molecule has 2 rings (SSSR count). The monoisotopic (exact) mass is 314 g/mol. The minimum absolute atomic E-state index is 0.685. The third kappa shape index (κ3) is 7.02. The van der Waals surface area contributed by atoms with Crippen molar-refractivity contribution in [1.82, 2.24) is 4.90 Å². The SMILES string of the molecule is CCC.CNc1cc(OCCN2CCOCC2)ccc1Cl. The Bertz CT molecular complexity index is 396. The molecule has 21 heavy (non-hydrogen) atoms. The predicted octanol–water partition coefficient (Wildman–Crippen LogP) is 3.51. The lowest BCUT2D eigenvalue weighted by atomic mass is 10.3. The third-order valence-electron chi connectivity index (χ3n) is 2.99. The molecule has 4 nitrogen and oxygen atoms in total. The zero-order chi connectivity index (χ0) is 15.5. The molecule has 1 heterocycles. The molecule has 1 aromatic rings. The predicted molar refractivity (Wildman–Crippen MR) is 89.7 cm³/mol. The van der Waals surface area contributed by atoms with Crippen molar-refractivity contribution in [2.24, 2.45) is 0 Å². The molecule has 0 atom stereocenters. The largest absolute Gasteiger partial charge is 0.492 e. The second kappa shape index (κ2) is 10.7. The van der Waals surface area contributed by atoms with E-state index in [0.29, 0.717) is 11.6 Å². The molecule has 0 amide bonds. The second-order valence-corrected chi connectivity index (χ2v) is 5.31. The summed E-state index contributed by atoms with van der Waals surface area (Å²) in [5.41, 5.74) is 0.889. The molecule has 0 radical (unpaired) electrons. The number of ether oxygens (including phenoxy) is 2. The first-order valence-electron chi connectivity index (χ1n) is 7.61. The zero-order valence-electron chi connectivity index (χ0n) is 13.3. The number of nitrogens with zero attached hydrogens (tertiary/aromatic N) is 1. The average Bonchev–Trinajstić information content (AvgIpc) is 2.51. The third-order valence-corrected chi connectivity index (χ3v) is 3.32. The Balaban J connectivity index is 0.000000677. The molecule has 5 heteroatoms. The molecule has 1 aliphatic heterocycles. The van der Waals surface area contributed by atoms with Crippen molar-refractivity contribution in [3.05, 3.63) is 23.2 Å². The maximum absolute atomic E-state index is 6.01. The fourth-order valence-corrected chi connectivity index (χ4v) is 2.12. The summed E-state index contributed by atoms with van der Waals surface area (Å²) in [6.45, 7) is 9.50. The van der Waals surface area contributed by atoms with E-state index < -0.39 is 0 Å². The minimum Gasteiger partial charge on any atom is -0.492 e. The van der Waals surface area contributed by atoms with Crippen LogP contribution < -0.4 is 10.1 Å². The van der Waals surface area contributed by atoms with Crippen molar-refractivity contribution in [3.8, 4) is 5.75 Å². The molecule has 1 aliphatic rings. The highest BCUT2D eigenvalue weighted by atomic mass is 35.5. The van der Waals surface area contributed by atoms with E-state index in [2.05, 4.69) is 24.1 Å². The van der Waals surface area contributed by atoms with E-state index in [1.165, 1.54) is 6.42 Å². The van der Waals surface area contributed by atoms with Crippen LogP contribution in [0.15, 0.2) is 18.2 Å².